The Morgan fingerprint density at radius 2 is 1.71 bits per heavy atom. The molecule has 0 aliphatic heterocycles. The lowest BCUT2D eigenvalue weighted by Crippen LogP contribution is -1.90. The fourth-order valence-corrected chi connectivity index (χ4v) is 1.54. The Morgan fingerprint density at radius 1 is 0.941 bits per heavy atom. The van der Waals surface area contributed by atoms with E-state index in [-0.39, 0.29) is 17.2 Å². The van der Waals surface area contributed by atoms with E-state index in [2.05, 4.69) is 4.98 Å². The lowest BCUT2D eigenvalue weighted by atomic mass is 10.0. The van der Waals surface area contributed by atoms with Crippen LogP contribution in [0.5, 0.6) is 23.0 Å². The number of benzene rings is 1. The van der Waals surface area contributed by atoms with E-state index in [1.54, 1.807) is 6.20 Å². The maximum absolute atomic E-state index is 9.62. The smallest absolute Gasteiger partial charge is 0.200 e. The number of hydrogen-bond acceptors (Lipinski definition) is 5. The molecule has 0 amide bonds. The second-order valence-corrected chi connectivity index (χ2v) is 3.67. The van der Waals surface area contributed by atoms with Crippen LogP contribution in [-0.4, -0.2) is 25.4 Å². The largest absolute Gasteiger partial charge is 0.506 e. The van der Waals surface area contributed by atoms with Gasteiger partial charge in [0, 0.05) is 18.2 Å². The molecule has 1 heterocycles. The summed E-state index contributed by atoms with van der Waals surface area (Å²) in [6.45, 7) is 0. The Hall–Kier alpha value is -2.43. The Morgan fingerprint density at radius 3 is 2.41 bits per heavy atom. The highest BCUT2D eigenvalue weighted by Gasteiger charge is 2.11. The summed E-state index contributed by atoms with van der Waals surface area (Å²) in [6.07, 6.45) is 3.14. The SMILES string of the molecule is Oc1cncc(Cc2ccc(O)c(O)c2O)c1. The first kappa shape index (κ1) is 11.1. The molecule has 2 aromatic rings. The van der Waals surface area contributed by atoms with E-state index in [1.807, 2.05) is 0 Å². The third kappa shape index (κ3) is 2.23. The van der Waals surface area contributed by atoms with Gasteiger partial charge in [0.15, 0.2) is 11.5 Å². The minimum absolute atomic E-state index is 0.0324. The van der Waals surface area contributed by atoms with Gasteiger partial charge >= 0.3 is 0 Å². The lowest BCUT2D eigenvalue weighted by molar-refractivity contribution is 0.365. The highest BCUT2D eigenvalue weighted by Crippen LogP contribution is 2.37. The first-order chi connectivity index (χ1) is 8.08. The number of phenols is 3. The van der Waals surface area contributed by atoms with Gasteiger partial charge in [0.1, 0.15) is 5.75 Å². The number of hydrogen-bond donors (Lipinski definition) is 4. The van der Waals surface area contributed by atoms with Crippen LogP contribution in [0.3, 0.4) is 0 Å². The van der Waals surface area contributed by atoms with Crippen LogP contribution in [0.1, 0.15) is 11.1 Å². The van der Waals surface area contributed by atoms with Crippen LogP contribution in [0.2, 0.25) is 0 Å². The number of nitrogens with zero attached hydrogens (tertiary/aromatic N) is 1. The number of aromatic hydroxyl groups is 4. The molecule has 0 aliphatic carbocycles. The molecule has 0 atom stereocenters. The van der Waals surface area contributed by atoms with Crippen molar-refractivity contribution in [2.24, 2.45) is 0 Å². The van der Waals surface area contributed by atoms with E-state index < -0.39 is 5.75 Å². The van der Waals surface area contributed by atoms with Crippen LogP contribution in [0.4, 0.5) is 0 Å². The van der Waals surface area contributed by atoms with E-state index in [9.17, 15) is 20.4 Å². The Bertz CT molecular complexity index is 554. The molecule has 0 saturated heterocycles. The Kier molecular flexibility index (Phi) is 2.74. The minimum Gasteiger partial charge on any atom is -0.506 e. The minimum atomic E-state index is -0.546. The fourth-order valence-electron chi connectivity index (χ4n) is 1.54. The third-order valence-corrected chi connectivity index (χ3v) is 2.39. The third-order valence-electron chi connectivity index (χ3n) is 2.39. The van der Waals surface area contributed by atoms with Crippen molar-refractivity contribution in [1.29, 1.82) is 0 Å². The van der Waals surface area contributed by atoms with Crippen molar-refractivity contribution in [3.8, 4) is 23.0 Å². The molecule has 4 N–H and O–H groups in total. The van der Waals surface area contributed by atoms with Crippen molar-refractivity contribution in [3.05, 3.63) is 41.7 Å². The number of phenolic OH excluding ortho intramolecular Hbond substituents is 3. The van der Waals surface area contributed by atoms with E-state index in [4.69, 9.17) is 0 Å². The van der Waals surface area contributed by atoms with Crippen LogP contribution in [0.25, 0.3) is 0 Å². The lowest BCUT2D eigenvalue weighted by Gasteiger charge is -2.07. The van der Waals surface area contributed by atoms with Gasteiger partial charge in [0.2, 0.25) is 5.75 Å². The first-order valence-corrected chi connectivity index (χ1v) is 4.93. The normalized spacial score (nSPS) is 10.4. The van der Waals surface area contributed by atoms with Gasteiger partial charge in [-0.3, -0.25) is 4.98 Å². The molecular weight excluding hydrogens is 222 g/mol. The molecule has 17 heavy (non-hydrogen) atoms. The van der Waals surface area contributed by atoms with Crippen molar-refractivity contribution in [3.63, 3.8) is 0 Å². The molecule has 0 fully saturated rings. The molecule has 0 unspecified atom stereocenters. The topological polar surface area (TPSA) is 93.8 Å². The van der Waals surface area contributed by atoms with Crippen LogP contribution in [-0.2, 0) is 6.42 Å². The molecular formula is C12H11NO4. The van der Waals surface area contributed by atoms with Crippen molar-refractivity contribution < 1.29 is 20.4 Å². The summed E-state index contributed by atoms with van der Waals surface area (Å²) in [4.78, 5) is 3.81. The van der Waals surface area contributed by atoms with Crippen molar-refractivity contribution in [2.45, 2.75) is 6.42 Å². The van der Waals surface area contributed by atoms with Gasteiger partial charge in [-0.1, -0.05) is 6.07 Å². The van der Waals surface area contributed by atoms with Crippen LogP contribution in [0, 0.1) is 0 Å². The molecule has 1 aromatic carbocycles. The molecule has 1 aromatic heterocycles. The second kappa shape index (κ2) is 4.21. The van der Waals surface area contributed by atoms with Gasteiger partial charge < -0.3 is 20.4 Å². The summed E-state index contributed by atoms with van der Waals surface area (Å²) in [5.41, 5.74) is 1.12. The molecule has 2 rings (SSSR count). The van der Waals surface area contributed by atoms with E-state index >= 15 is 0 Å². The van der Waals surface area contributed by atoms with Gasteiger partial charge in [-0.15, -0.1) is 0 Å². The maximum Gasteiger partial charge on any atom is 0.200 e. The number of aromatic nitrogens is 1. The molecule has 88 valence electrons. The summed E-state index contributed by atoms with van der Waals surface area (Å²) in [7, 11) is 0. The van der Waals surface area contributed by atoms with Gasteiger partial charge in [-0.2, -0.15) is 0 Å². The Balaban J connectivity index is 2.34. The quantitative estimate of drug-likeness (QED) is 0.590. The van der Waals surface area contributed by atoms with Gasteiger partial charge in [0.05, 0.1) is 6.20 Å². The van der Waals surface area contributed by atoms with E-state index in [0.717, 1.165) is 0 Å². The summed E-state index contributed by atoms with van der Waals surface area (Å²) >= 11 is 0. The monoisotopic (exact) mass is 233 g/mol. The van der Waals surface area contributed by atoms with Crippen molar-refractivity contribution >= 4 is 0 Å². The highest BCUT2D eigenvalue weighted by molar-refractivity contribution is 5.54. The molecule has 5 heteroatoms. The molecule has 0 saturated carbocycles. The zero-order valence-electron chi connectivity index (χ0n) is 8.83. The summed E-state index contributed by atoms with van der Waals surface area (Å²) in [5, 5.41) is 37.4. The van der Waals surface area contributed by atoms with Crippen LogP contribution < -0.4 is 0 Å². The van der Waals surface area contributed by atoms with Gasteiger partial charge in [-0.25, -0.2) is 0 Å². The summed E-state index contributed by atoms with van der Waals surface area (Å²) in [6, 6.07) is 4.30. The molecule has 0 aliphatic rings. The second-order valence-electron chi connectivity index (χ2n) is 3.67. The highest BCUT2D eigenvalue weighted by atomic mass is 16.3. The molecule has 5 nitrogen and oxygen atoms in total. The van der Waals surface area contributed by atoms with Crippen molar-refractivity contribution in [1.82, 2.24) is 4.98 Å². The van der Waals surface area contributed by atoms with E-state index in [0.29, 0.717) is 17.5 Å². The van der Waals surface area contributed by atoms with E-state index in [1.165, 1.54) is 24.4 Å². The zero-order valence-corrected chi connectivity index (χ0v) is 8.83. The van der Waals surface area contributed by atoms with Crippen LogP contribution >= 0.6 is 0 Å². The average Bonchev–Trinajstić information content (AvgIpc) is 2.30. The molecule has 0 radical (unpaired) electrons. The molecule has 0 spiro atoms. The Labute approximate surface area is 97.3 Å². The predicted molar refractivity (Wildman–Crippen MR) is 60.1 cm³/mol. The van der Waals surface area contributed by atoms with Gasteiger partial charge in [0.25, 0.3) is 0 Å². The standard InChI is InChI=1S/C12H11NO4/c14-9-4-7(5-13-6-9)3-8-1-2-10(15)12(17)11(8)16/h1-2,4-6,14-17H,3H2. The summed E-state index contributed by atoms with van der Waals surface area (Å²) in [5.74, 6) is -1.26. The first-order valence-electron chi connectivity index (χ1n) is 4.93. The molecule has 0 bridgehead atoms. The number of pyridine rings is 1. The van der Waals surface area contributed by atoms with Gasteiger partial charge in [-0.05, 0) is 17.7 Å². The van der Waals surface area contributed by atoms with Crippen LogP contribution in [0.15, 0.2) is 30.6 Å². The average molecular weight is 233 g/mol. The zero-order chi connectivity index (χ0) is 12.4. The number of rotatable bonds is 2. The summed E-state index contributed by atoms with van der Waals surface area (Å²) < 4.78 is 0. The van der Waals surface area contributed by atoms with Crippen molar-refractivity contribution in [2.75, 3.05) is 0 Å². The maximum atomic E-state index is 9.62. The predicted octanol–water partition coefficient (Wildman–Crippen LogP) is 1.49. The fraction of sp³-hybridized carbons (Fsp3) is 0.0833.